The molecule has 3 rings (SSSR count). The van der Waals surface area contributed by atoms with Crippen LogP contribution in [0.3, 0.4) is 0 Å². The molecule has 1 heterocycles. The molecule has 2 aliphatic carbocycles. The zero-order chi connectivity index (χ0) is 18.0. The summed E-state index contributed by atoms with van der Waals surface area (Å²) in [6, 6.07) is 0.0616. The molecule has 0 radical (unpaired) electrons. The van der Waals surface area contributed by atoms with Gasteiger partial charge in [0.05, 0.1) is 5.56 Å². The number of hydrogen-bond acceptors (Lipinski definition) is 3. The SMILES string of the molecule is O=C(NC1CCCCC1)c1c(NC(=O)C(F)(F)F)sc2c1CCCC2. The third kappa shape index (κ3) is 4.16. The van der Waals surface area contributed by atoms with Gasteiger partial charge in [0.15, 0.2) is 0 Å². The molecule has 2 N–H and O–H groups in total. The minimum absolute atomic E-state index is 0.0301. The van der Waals surface area contributed by atoms with Crippen LogP contribution in [0.5, 0.6) is 0 Å². The summed E-state index contributed by atoms with van der Waals surface area (Å²) >= 11 is 1.10. The van der Waals surface area contributed by atoms with E-state index in [9.17, 15) is 22.8 Å². The molecule has 0 aliphatic heterocycles. The Bertz CT molecular complexity index is 664. The van der Waals surface area contributed by atoms with Crippen LogP contribution < -0.4 is 10.6 Å². The van der Waals surface area contributed by atoms with Crippen LogP contribution in [0.1, 0.15) is 65.7 Å². The molecule has 1 saturated carbocycles. The van der Waals surface area contributed by atoms with Gasteiger partial charge in [-0.2, -0.15) is 13.2 Å². The molecule has 1 aromatic rings. The monoisotopic (exact) mass is 374 g/mol. The molecule has 0 spiro atoms. The molecule has 0 saturated heterocycles. The average Bonchev–Trinajstić information content (AvgIpc) is 2.92. The summed E-state index contributed by atoms with van der Waals surface area (Å²) in [5.41, 5.74) is 1.05. The number of amides is 2. The second-order valence-electron chi connectivity index (χ2n) is 6.68. The highest BCUT2D eigenvalue weighted by molar-refractivity contribution is 7.17. The molecule has 0 bridgehead atoms. The van der Waals surface area contributed by atoms with Crippen molar-refractivity contribution >= 4 is 28.2 Å². The zero-order valence-electron chi connectivity index (χ0n) is 13.8. The van der Waals surface area contributed by atoms with Crippen molar-refractivity contribution in [2.24, 2.45) is 0 Å². The first-order valence-electron chi connectivity index (χ1n) is 8.70. The van der Waals surface area contributed by atoms with E-state index < -0.39 is 12.1 Å². The molecule has 0 atom stereocenters. The lowest BCUT2D eigenvalue weighted by atomic mass is 9.93. The number of fused-ring (bicyclic) bond motifs is 1. The van der Waals surface area contributed by atoms with Gasteiger partial charge in [0.2, 0.25) is 0 Å². The highest BCUT2D eigenvalue weighted by Gasteiger charge is 2.40. The standard InChI is InChI=1S/C17H21F3N2O2S/c18-17(19,20)16(24)22-15-13(11-8-4-5-9-12(11)25-15)14(23)21-10-6-2-1-3-7-10/h10H,1-9H2,(H,21,23)(H,22,24). The van der Waals surface area contributed by atoms with Gasteiger partial charge in [-0.15, -0.1) is 11.3 Å². The van der Waals surface area contributed by atoms with Gasteiger partial charge < -0.3 is 10.6 Å². The maximum Gasteiger partial charge on any atom is 0.471 e. The van der Waals surface area contributed by atoms with E-state index in [2.05, 4.69) is 5.32 Å². The number of halogens is 3. The van der Waals surface area contributed by atoms with Crippen molar-refractivity contribution in [2.75, 3.05) is 5.32 Å². The lowest BCUT2D eigenvalue weighted by molar-refractivity contribution is -0.167. The van der Waals surface area contributed by atoms with Gasteiger partial charge in [0.25, 0.3) is 5.91 Å². The smallest absolute Gasteiger partial charge is 0.349 e. The fourth-order valence-electron chi connectivity index (χ4n) is 3.57. The summed E-state index contributed by atoms with van der Waals surface area (Å²) in [6.07, 6.45) is 3.31. The van der Waals surface area contributed by atoms with Crippen molar-refractivity contribution in [3.8, 4) is 0 Å². The number of rotatable bonds is 3. The van der Waals surface area contributed by atoms with E-state index in [0.29, 0.717) is 6.42 Å². The van der Waals surface area contributed by atoms with Crippen LogP contribution >= 0.6 is 11.3 Å². The van der Waals surface area contributed by atoms with Crippen molar-refractivity contribution in [2.45, 2.75) is 70.0 Å². The first kappa shape index (κ1) is 18.2. The van der Waals surface area contributed by atoms with E-state index >= 15 is 0 Å². The van der Waals surface area contributed by atoms with Crippen LogP contribution in [0.4, 0.5) is 18.2 Å². The number of carbonyl (C=O) groups excluding carboxylic acids is 2. The Morgan fingerprint density at radius 1 is 1.00 bits per heavy atom. The summed E-state index contributed by atoms with van der Waals surface area (Å²) in [6.45, 7) is 0. The van der Waals surface area contributed by atoms with E-state index in [0.717, 1.165) is 73.1 Å². The predicted octanol–water partition coefficient (Wildman–Crippen LogP) is 4.19. The summed E-state index contributed by atoms with van der Waals surface area (Å²) < 4.78 is 37.8. The molecule has 2 amide bonds. The second-order valence-corrected chi connectivity index (χ2v) is 7.78. The molecular weight excluding hydrogens is 353 g/mol. The van der Waals surface area contributed by atoms with E-state index in [1.54, 1.807) is 0 Å². The Hall–Kier alpha value is -1.57. The number of anilines is 1. The number of alkyl halides is 3. The molecule has 4 nitrogen and oxygen atoms in total. The fourth-order valence-corrected chi connectivity index (χ4v) is 4.85. The number of aryl methyl sites for hydroxylation is 1. The van der Waals surface area contributed by atoms with Crippen LogP contribution in [0, 0.1) is 0 Å². The zero-order valence-corrected chi connectivity index (χ0v) is 14.6. The fraction of sp³-hybridized carbons (Fsp3) is 0.647. The normalized spacial score (nSPS) is 18.5. The largest absolute Gasteiger partial charge is 0.471 e. The molecule has 0 unspecified atom stereocenters. The summed E-state index contributed by atoms with van der Waals surface area (Å²) in [4.78, 5) is 25.0. The average molecular weight is 374 g/mol. The van der Waals surface area contributed by atoms with Crippen LogP contribution in [0.2, 0.25) is 0 Å². The van der Waals surface area contributed by atoms with Gasteiger partial charge >= 0.3 is 12.1 Å². The van der Waals surface area contributed by atoms with Gasteiger partial charge in [-0.3, -0.25) is 9.59 Å². The molecule has 1 fully saturated rings. The third-order valence-corrected chi connectivity index (χ3v) is 6.03. The number of hydrogen-bond donors (Lipinski definition) is 2. The minimum Gasteiger partial charge on any atom is -0.349 e. The highest BCUT2D eigenvalue weighted by Crippen LogP contribution is 2.39. The van der Waals surface area contributed by atoms with Crippen molar-refractivity contribution in [3.63, 3.8) is 0 Å². The van der Waals surface area contributed by atoms with E-state index in [-0.39, 0.29) is 22.5 Å². The van der Waals surface area contributed by atoms with E-state index in [1.807, 2.05) is 5.32 Å². The van der Waals surface area contributed by atoms with Crippen LogP contribution in [-0.4, -0.2) is 24.0 Å². The molecule has 25 heavy (non-hydrogen) atoms. The highest BCUT2D eigenvalue weighted by atomic mass is 32.1. The summed E-state index contributed by atoms with van der Waals surface area (Å²) in [5, 5.41) is 4.91. The van der Waals surface area contributed by atoms with Gasteiger partial charge in [0, 0.05) is 10.9 Å². The molecule has 138 valence electrons. The van der Waals surface area contributed by atoms with E-state index in [1.165, 1.54) is 0 Å². The summed E-state index contributed by atoms with van der Waals surface area (Å²) in [7, 11) is 0. The van der Waals surface area contributed by atoms with E-state index in [4.69, 9.17) is 0 Å². The Balaban J connectivity index is 1.85. The van der Waals surface area contributed by atoms with Crippen LogP contribution in [0.15, 0.2) is 0 Å². The van der Waals surface area contributed by atoms with Crippen LogP contribution in [0.25, 0.3) is 0 Å². The quantitative estimate of drug-likeness (QED) is 0.833. The van der Waals surface area contributed by atoms with Crippen molar-refractivity contribution in [1.82, 2.24) is 5.32 Å². The molecule has 2 aliphatic rings. The Morgan fingerprint density at radius 3 is 2.36 bits per heavy atom. The maximum absolute atomic E-state index is 12.8. The number of carbonyl (C=O) groups is 2. The second kappa shape index (κ2) is 7.35. The van der Waals surface area contributed by atoms with Crippen molar-refractivity contribution in [1.29, 1.82) is 0 Å². The lowest BCUT2D eigenvalue weighted by Crippen LogP contribution is -2.37. The summed E-state index contributed by atoms with van der Waals surface area (Å²) in [5.74, 6) is -2.39. The lowest BCUT2D eigenvalue weighted by Gasteiger charge is -2.23. The molecule has 0 aromatic carbocycles. The topological polar surface area (TPSA) is 58.2 Å². The molecular formula is C17H21F3N2O2S. The van der Waals surface area contributed by atoms with Crippen molar-refractivity contribution in [3.05, 3.63) is 16.0 Å². The molecule has 1 aromatic heterocycles. The van der Waals surface area contributed by atoms with Gasteiger partial charge in [-0.25, -0.2) is 0 Å². The Kier molecular flexibility index (Phi) is 5.36. The number of thiophene rings is 1. The van der Waals surface area contributed by atoms with Gasteiger partial charge in [0.1, 0.15) is 5.00 Å². The van der Waals surface area contributed by atoms with Crippen molar-refractivity contribution < 1.29 is 22.8 Å². The first-order chi connectivity index (χ1) is 11.9. The van der Waals surface area contributed by atoms with Gasteiger partial charge in [-0.05, 0) is 44.1 Å². The Morgan fingerprint density at radius 2 is 1.68 bits per heavy atom. The van der Waals surface area contributed by atoms with Gasteiger partial charge in [-0.1, -0.05) is 19.3 Å². The number of nitrogens with one attached hydrogen (secondary N) is 2. The Labute approximate surface area is 148 Å². The minimum atomic E-state index is -4.97. The predicted molar refractivity (Wildman–Crippen MR) is 90.0 cm³/mol. The maximum atomic E-state index is 12.8. The third-order valence-electron chi connectivity index (χ3n) is 4.82. The first-order valence-corrected chi connectivity index (χ1v) is 9.51. The molecule has 8 heteroatoms. The van der Waals surface area contributed by atoms with Crippen LogP contribution in [-0.2, 0) is 17.6 Å².